The molecule has 0 aliphatic heterocycles. The lowest BCUT2D eigenvalue weighted by atomic mass is 10.2. The number of pyridine rings is 1. The third-order valence-electron chi connectivity index (χ3n) is 1.82. The number of anilines is 2. The van der Waals surface area contributed by atoms with Gasteiger partial charge in [0.25, 0.3) is 0 Å². The average Bonchev–Trinajstić information content (AvgIpc) is 2.62. The lowest BCUT2D eigenvalue weighted by Gasteiger charge is -2.04. The Hall–Kier alpha value is -1.55. The largest absolute Gasteiger partial charge is 0.397 e. The van der Waals surface area contributed by atoms with Crippen LogP contribution in [0.15, 0.2) is 29.1 Å². The Kier molecular flexibility index (Phi) is 1.90. The molecule has 2 aromatic heterocycles. The number of nitrogen functional groups attached to an aromatic ring is 2. The van der Waals surface area contributed by atoms with Gasteiger partial charge in [-0.1, -0.05) is 0 Å². The average molecular weight is 191 g/mol. The molecule has 0 saturated carbocycles. The molecule has 2 aromatic rings. The highest BCUT2D eigenvalue weighted by atomic mass is 32.1. The number of thiophene rings is 1. The maximum absolute atomic E-state index is 5.79. The van der Waals surface area contributed by atoms with E-state index in [0.29, 0.717) is 11.4 Å². The van der Waals surface area contributed by atoms with Gasteiger partial charge in [0.05, 0.1) is 17.1 Å². The minimum Gasteiger partial charge on any atom is -0.397 e. The lowest BCUT2D eigenvalue weighted by molar-refractivity contribution is 1.34. The van der Waals surface area contributed by atoms with E-state index in [-0.39, 0.29) is 0 Å². The van der Waals surface area contributed by atoms with Crippen LogP contribution < -0.4 is 11.5 Å². The molecule has 0 amide bonds. The van der Waals surface area contributed by atoms with Crippen LogP contribution in [0.1, 0.15) is 0 Å². The van der Waals surface area contributed by atoms with E-state index in [2.05, 4.69) is 4.98 Å². The molecular weight excluding hydrogens is 182 g/mol. The summed E-state index contributed by atoms with van der Waals surface area (Å²) in [4.78, 5) is 4.18. The van der Waals surface area contributed by atoms with E-state index in [9.17, 15) is 0 Å². The number of aromatic nitrogens is 1. The summed E-state index contributed by atoms with van der Waals surface area (Å²) >= 11 is 1.61. The number of nitrogens with two attached hydrogens (primary N) is 2. The van der Waals surface area contributed by atoms with E-state index >= 15 is 0 Å². The minimum absolute atomic E-state index is 0.556. The molecule has 13 heavy (non-hydrogen) atoms. The Morgan fingerprint density at radius 1 is 1.23 bits per heavy atom. The predicted octanol–water partition coefficient (Wildman–Crippen LogP) is 1.97. The van der Waals surface area contributed by atoms with Crippen molar-refractivity contribution in [2.75, 3.05) is 11.5 Å². The van der Waals surface area contributed by atoms with Gasteiger partial charge >= 0.3 is 0 Å². The van der Waals surface area contributed by atoms with Crippen LogP contribution in [0.4, 0.5) is 11.4 Å². The highest BCUT2D eigenvalue weighted by molar-refractivity contribution is 7.08. The predicted molar refractivity (Wildman–Crippen MR) is 56.4 cm³/mol. The van der Waals surface area contributed by atoms with E-state index in [0.717, 1.165) is 11.3 Å². The summed E-state index contributed by atoms with van der Waals surface area (Å²) in [5.41, 5.74) is 14.4. The first-order chi connectivity index (χ1) is 6.29. The highest BCUT2D eigenvalue weighted by Gasteiger charge is 2.05. The van der Waals surface area contributed by atoms with Gasteiger partial charge in [0, 0.05) is 17.1 Å². The number of hydrogen-bond donors (Lipinski definition) is 2. The van der Waals surface area contributed by atoms with Crippen molar-refractivity contribution >= 4 is 22.7 Å². The fourth-order valence-electron chi connectivity index (χ4n) is 1.12. The monoisotopic (exact) mass is 191 g/mol. The van der Waals surface area contributed by atoms with E-state index in [1.165, 1.54) is 0 Å². The van der Waals surface area contributed by atoms with Crippen LogP contribution in [0.25, 0.3) is 11.3 Å². The topological polar surface area (TPSA) is 64.9 Å². The molecule has 3 nitrogen and oxygen atoms in total. The quantitative estimate of drug-likeness (QED) is 0.724. The first-order valence-electron chi connectivity index (χ1n) is 3.81. The zero-order chi connectivity index (χ0) is 9.26. The summed E-state index contributed by atoms with van der Waals surface area (Å²) < 4.78 is 0. The van der Waals surface area contributed by atoms with Crippen LogP contribution in [0, 0.1) is 0 Å². The number of nitrogens with zero attached hydrogens (tertiary/aromatic N) is 1. The van der Waals surface area contributed by atoms with Gasteiger partial charge in [0.1, 0.15) is 0 Å². The molecule has 0 spiro atoms. The van der Waals surface area contributed by atoms with Gasteiger partial charge < -0.3 is 11.5 Å². The second-order valence-electron chi connectivity index (χ2n) is 2.67. The Morgan fingerprint density at radius 2 is 2.08 bits per heavy atom. The first-order valence-corrected chi connectivity index (χ1v) is 4.76. The van der Waals surface area contributed by atoms with E-state index in [4.69, 9.17) is 11.5 Å². The van der Waals surface area contributed by atoms with Crippen molar-refractivity contribution in [2.24, 2.45) is 0 Å². The maximum atomic E-state index is 5.79. The fourth-order valence-corrected chi connectivity index (χ4v) is 1.76. The van der Waals surface area contributed by atoms with Crippen molar-refractivity contribution in [1.29, 1.82) is 0 Å². The molecule has 0 aliphatic carbocycles. The van der Waals surface area contributed by atoms with Crippen LogP contribution in [0.2, 0.25) is 0 Å². The van der Waals surface area contributed by atoms with Gasteiger partial charge in [-0.25, -0.2) is 0 Å². The molecular formula is C9H9N3S. The van der Waals surface area contributed by atoms with Gasteiger partial charge in [-0.3, -0.25) is 4.98 Å². The van der Waals surface area contributed by atoms with E-state index in [1.807, 2.05) is 16.8 Å². The molecule has 0 bridgehead atoms. The van der Waals surface area contributed by atoms with Gasteiger partial charge in [-0.15, -0.1) is 0 Å². The van der Waals surface area contributed by atoms with Crippen molar-refractivity contribution in [2.45, 2.75) is 0 Å². The molecule has 0 saturated heterocycles. The molecule has 2 rings (SSSR count). The molecule has 0 fully saturated rings. The zero-order valence-corrected chi connectivity index (χ0v) is 7.71. The van der Waals surface area contributed by atoms with Crippen LogP contribution in [0.5, 0.6) is 0 Å². The second-order valence-corrected chi connectivity index (χ2v) is 3.45. The summed E-state index contributed by atoms with van der Waals surface area (Å²) in [7, 11) is 0. The molecule has 4 heteroatoms. The van der Waals surface area contributed by atoms with Gasteiger partial charge in [-0.2, -0.15) is 11.3 Å². The molecule has 0 aromatic carbocycles. The Morgan fingerprint density at radius 3 is 2.77 bits per heavy atom. The van der Waals surface area contributed by atoms with Crippen molar-refractivity contribution in [3.05, 3.63) is 29.1 Å². The van der Waals surface area contributed by atoms with Crippen molar-refractivity contribution < 1.29 is 0 Å². The summed E-state index contributed by atoms with van der Waals surface area (Å²) in [5.74, 6) is 0. The van der Waals surface area contributed by atoms with Crippen molar-refractivity contribution in [3.63, 3.8) is 0 Å². The summed E-state index contributed by atoms with van der Waals surface area (Å²) in [5, 5.41) is 3.98. The van der Waals surface area contributed by atoms with Crippen molar-refractivity contribution in [3.8, 4) is 11.3 Å². The standard InChI is InChI=1S/C9H9N3S/c10-7-1-3-12-9(8(7)11)6-2-4-13-5-6/h1-5H,11H2,(H2,10,12). The normalized spacial score (nSPS) is 10.2. The van der Waals surface area contributed by atoms with Crippen LogP contribution in [-0.4, -0.2) is 4.98 Å². The molecule has 0 aliphatic rings. The Balaban J connectivity index is 2.59. The fraction of sp³-hybridized carbons (Fsp3) is 0. The lowest BCUT2D eigenvalue weighted by Crippen LogP contribution is -1.98. The molecule has 0 unspecified atom stereocenters. The SMILES string of the molecule is Nc1ccnc(-c2ccsc2)c1N. The Bertz CT molecular complexity index is 409. The Labute approximate surface area is 80.0 Å². The number of rotatable bonds is 1. The smallest absolute Gasteiger partial charge is 0.0960 e. The maximum Gasteiger partial charge on any atom is 0.0960 e. The summed E-state index contributed by atoms with van der Waals surface area (Å²) in [6.07, 6.45) is 1.67. The third kappa shape index (κ3) is 1.36. The highest BCUT2D eigenvalue weighted by Crippen LogP contribution is 2.28. The van der Waals surface area contributed by atoms with Gasteiger partial charge in [0.15, 0.2) is 0 Å². The van der Waals surface area contributed by atoms with Gasteiger partial charge in [-0.05, 0) is 17.5 Å². The van der Waals surface area contributed by atoms with Crippen LogP contribution in [0.3, 0.4) is 0 Å². The van der Waals surface area contributed by atoms with Crippen LogP contribution in [-0.2, 0) is 0 Å². The molecule has 66 valence electrons. The zero-order valence-electron chi connectivity index (χ0n) is 6.90. The third-order valence-corrected chi connectivity index (χ3v) is 2.50. The second kappa shape index (κ2) is 3.06. The van der Waals surface area contributed by atoms with Crippen LogP contribution >= 0.6 is 11.3 Å². The van der Waals surface area contributed by atoms with E-state index < -0.39 is 0 Å². The summed E-state index contributed by atoms with van der Waals surface area (Å²) in [6.45, 7) is 0. The molecule has 0 radical (unpaired) electrons. The molecule has 4 N–H and O–H groups in total. The summed E-state index contributed by atoms with van der Waals surface area (Å²) in [6, 6.07) is 3.67. The number of hydrogen-bond acceptors (Lipinski definition) is 4. The first kappa shape index (κ1) is 8.07. The molecule has 0 atom stereocenters. The van der Waals surface area contributed by atoms with Gasteiger partial charge in [0.2, 0.25) is 0 Å². The molecule has 2 heterocycles. The van der Waals surface area contributed by atoms with E-state index in [1.54, 1.807) is 23.6 Å². The minimum atomic E-state index is 0.556. The van der Waals surface area contributed by atoms with Crippen molar-refractivity contribution in [1.82, 2.24) is 4.98 Å².